The van der Waals surface area contributed by atoms with Gasteiger partial charge in [0.2, 0.25) is 5.91 Å². The summed E-state index contributed by atoms with van der Waals surface area (Å²) in [6, 6.07) is 19.5. The molecule has 0 aliphatic heterocycles. The average molecular weight is 519 g/mol. The highest BCUT2D eigenvalue weighted by molar-refractivity contribution is 6.34. The normalized spacial score (nSPS) is 13.5. The molecule has 0 atom stereocenters. The van der Waals surface area contributed by atoms with Crippen LogP contribution in [0.3, 0.4) is 0 Å². The van der Waals surface area contributed by atoms with Crippen molar-refractivity contribution in [1.29, 1.82) is 0 Å². The van der Waals surface area contributed by atoms with Crippen LogP contribution >= 0.6 is 11.6 Å². The third-order valence-corrected chi connectivity index (χ3v) is 6.64. The number of hydrogen-bond acceptors (Lipinski definition) is 4. The molecule has 1 saturated carbocycles. The molecule has 0 aromatic heterocycles. The minimum absolute atomic E-state index is 0.0290. The van der Waals surface area contributed by atoms with E-state index in [9.17, 15) is 14.4 Å². The van der Waals surface area contributed by atoms with Crippen LogP contribution in [0.1, 0.15) is 58.4 Å². The number of halogens is 1. The molecule has 0 saturated heterocycles. The Balaban J connectivity index is 1.28. The van der Waals surface area contributed by atoms with E-state index < -0.39 is 0 Å². The van der Waals surface area contributed by atoms with Gasteiger partial charge in [-0.3, -0.25) is 14.4 Å². The van der Waals surface area contributed by atoms with Crippen LogP contribution in [0.25, 0.3) is 0 Å². The summed E-state index contributed by atoms with van der Waals surface area (Å²) >= 11 is 6.26. The maximum Gasteiger partial charge on any atom is 0.255 e. The summed E-state index contributed by atoms with van der Waals surface area (Å²) in [7, 11) is 0. The number of carbonyl (C=O) groups excluding carboxylic acids is 3. The molecule has 37 heavy (non-hydrogen) atoms. The smallest absolute Gasteiger partial charge is 0.255 e. The zero-order valence-electron chi connectivity index (χ0n) is 20.8. The molecule has 1 fully saturated rings. The largest absolute Gasteiger partial charge is 0.376 e. The van der Waals surface area contributed by atoms with Crippen molar-refractivity contribution in [3.63, 3.8) is 0 Å². The number of carbonyl (C=O) groups is 3. The third kappa shape index (κ3) is 7.57. The monoisotopic (exact) mass is 518 g/mol. The summed E-state index contributed by atoms with van der Waals surface area (Å²) in [5, 5.41) is 12.1. The van der Waals surface area contributed by atoms with Gasteiger partial charge in [-0.25, -0.2) is 0 Å². The van der Waals surface area contributed by atoms with Gasteiger partial charge in [0.15, 0.2) is 0 Å². The highest BCUT2D eigenvalue weighted by atomic mass is 35.5. The van der Waals surface area contributed by atoms with Crippen LogP contribution in [-0.4, -0.2) is 30.3 Å². The standard InChI is InChI=1S/C29H31ClN4O3/c1-19-6-5-7-20(16-19)28(36)33-23-12-10-21(11-13-23)31-18-27(35)32-24-14-15-26(30)25(17-24)29(37)34-22-8-3-2-4-9-22/h5-7,10-17,22,31H,2-4,8-9,18H2,1H3,(H,32,35)(H,33,36)(H,34,37). The number of nitrogens with one attached hydrogen (secondary N) is 4. The van der Waals surface area contributed by atoms with E-state index in [0.717, 1.165) is 36.9 Å². The first-order valence-corrected chi connectivity index (χ1v) is 12.9. The number of benzene rings is 3. The van der Waals surface area contributed by atoms with E-state index >= 15 is 0 Å². The molecule has 4 rings (SSSR count). The summed E-state index contributed by atoms with van der Waals surface area (Å²) in [5.41, 5.74) is 3.84. The van der Waals surface area contributed by atoms with Gasteiger partial charge in [-0.1, -0.05) is 48.6 Å². The van der Waals surface area contributed by atoms with Crippen LogP contribution in [0.5, 0.6) is 0 Å². The topological polar surface area (TPSA) is 99.3 Å². The van der Waals surface area contributed by atoms with Crippen molar-refractivity contribution in [2.75, 3.05) is 22.5 Å². The Morgan fingerprint density at radius 3 is 2.24 bits per heavy atom. The second kappa shape index (κ2) is 12.4. The Kier molecular flexibility index (Phi) is 8.80. The highest BCUT2D eigenvalue weighted by Gasteiger charge is 2.19. The highest BCUT2D eigenvalue weighted by Crippen LogP contribution is 2.23. The van der Waals surface area contributed by atoms with Gasteiger partial charge >= 0.3 is 0 Å². The van der Waals surface area contributed by atoms with Gasteiger partial charge in [0.1, 0.15) is 0 Å². The Hall–Kier alpha value is -3.84. The molecule has 3 aromatic rings. The van der Waals surface area contributed by atoms with Crippen molar-refractivity contribution < 1.29 is 14.4 Å². The van der Waals surface area contributed by atoms with E-state index in [1.807, 2.05) is 25.1 Å². The fourth-order valence-electron chi connectivity index (χ4n) is 4.34. The summed E-state index contributed by atoms with van der Waals surface area (Å²) in [6.07, 6.45) is 5.40. The van der Waals surface area contributed by atoms with Crippen LogP contribution in [0, 0.1) is 6.92 Å². The molecule has 4 N–H and O–H groups in total. The lowest BCUT2D eigenvalue weighted by Crippen LogP contribution is -2.36. The predicted octanol–water partition coefficient (Wildman–Crippen LogP) is 6.01. The molecule has 192 valence electrons. The molecule has 0 spiro atoms. The summed E-state index contributed by atoms with van der Waals surface area (Å²) in [5.74, 6) is -0.669. The van der Waals surface area contributed by atoms with Gasteiger partial charge in [0.05, 0.1) is 17.1 Å². The summed E-state index contributed by atoms with van der Waals surface area (Å²) in [6.45, 7) is 1.97. The van der Waals surface area contributed by atoms with Crippen molar-refractivity contribution >= 4 is 46.4 Å². The van der Waals surface area contributed by atoms with Crippen LogP contribution in [0.15, 0.2) is 66.7 Å². The summed E-state index contributed by atoms with van der Waals surface area (Å²) in [4.78, 5) is 37.6. The molecule has 3 amide bonds. The van der Waals surface area contributed by atoms with Crippen molar-refractivity contribution in [2.45, 2.75) is 45.1 Å². The maximum atomic E-state index is 12.7. The molecule has 0 heterocycles. The zero-order valence-corrected chi connectivity index (χ0v) is 21.5. The average Bonchev–Trinajstić information content (AvgIpc) is 2.90. The first kappa shape index (κ1) is 26.2. The van der Waals surface area contributed by atoms with E-state index in [-0.39, 0.29) is 30.3 Å². The first-order chi connectivity index (χ1) is 17.9. The van der Waals surface area contributed by atoms with Gasteiger partial charge in [-0.15, -0.1) is 0 Å². The van der Waals surface area contributed by atoms with Crippen molar-refractivity contribution in [1.82, 2.24) is 5.32 Å². The van der Waals surface area contributed by atoms with E-state index in [1.54, 1.807) is 48.5 Å². The van der Waals surface area contributed by atoms with Crippen LogP contribution < -0.4 is 21.3 Å². The molecule has 3 aromatic carbocycles. The molecule has 0 unspecified atom stereocenters. The lowest BCUT2D eigenvalue weighted by molar-refractivity contribution is -0.114. The molecule has 7 nitrogen and oxygen atoms in total. The quantitative estimate of drug-likeness (QED) is 0.293. The van der Waals surface area contributed by atoms with Gasteiger partial charge < -0.3 is 21.3 Å². The molecule has 8 heteroatoms. The van der Waals surface area contributed by atoms with E-state index in [2.05, 4.69) is 21.3 Å². The number of amides is 3. The molecular formula is C29H31ClN4O3. The molecule has 0 radical (unpaired) electrons. The number of aryl methyl sites for hydroxylation is 1. The van der Waals surface area contributed by atoms with E-state index in [1.165, 1.54) is 6.42 Å². The Morgan fingerprint density at radius 1 is 0.811 bits per heavy atom. The van der Waals surface area contributed by atoms with Crippen molar-refractivity contribution in [3.8, 4) is 0 Å². The van der Waals surface area contributed by atoms with Crippen LogP contribution in [-0.2, 0) is 4.79 Å². The number of rotatable bonds is 8. The minimum atomic E-state index is -0.266. The lowest BCUT2D eigenvalue weighted by atomic mass is 9.95. The second-order valence-electron chi connectivity index (χ2n) is 9.31. The molecule has 1 aliphatic rings. The molecule has 1 aliphatic carbocycles. The van der Waals surface area contributed by atoms with Crippen LogP contribution in [0.2, 0.25) is 5.02 Å². The fraction of sp³-hybridized carbons (Fsp3) is 0.276. The van der Waals surface area contributed by atoms with E-state index in [4.69, 9.17) is 11.6 Å². The zero-order chi connectivity index (χ0) is 26.2. The number of hydrogen-bond donors (Lipinski definition) is 4. The first-order valence-electron chi connectivity index (χ1n) is 12.5. The second-order valence-corrected chi connectivity index (χ2v) is 9.71. The van der Waals surface area contributed by atoms with Crippen LogP contribution in [0.4, 0.5) is 17.1 Å². The van der Waals surface area contributed by atoms with Gasteiger partial charge in [-0.05, 0) is 74.4 Å². The SMILES string of the molecule is Cc1cccc(C(=O)Nc2ccc(NCC(=O)Nc3ccc(Cl)c(C(=O)NC4CCCCC4)c3)cc2)c1. The molecule has 0 bridgehead atoms. The van der Waals surface area contributed by atoms with Gasteiger partial charge in [0.25, 0.3) is 11.8 Å². The minimum Gasteiger partial charge on any atom is -0.376 e. The Morgan fingerprint density at radius 2 is 1.51 bits per heavy atom. The Bertz CT molecular complexity index is 1270. The summed E-state index contributed by atoms with van der Waals surface area (Å²) < 4.78 is 0. The Labute approximate surface area is 222 Å². The van der Waals surface area contributed by atoms with E-state index in [0.29, 0.717) is 27.5 Å². The fourth-order valence-corrected chi connectivity index (χ4v) is 4.54. The van der Waals surface area contributed by atoms with Gasteiger partial charge in [0, 0.05) is 28.7 Å². The van der Waals surface area contributed by atoms with Crippen molar-refractivity contribution in [3.05, 3.63) is 88.4 Å². The third-order valence-electron chi connectivity index (χ3n) is 6.31. The predicted molar refractivity (Wildman–Crippen MR) is 148 cm³/mol. The maximum absolute atomic E-state index is 12.7. The molecular weight excluding hydrogens is 488 g/mol. The lowest BCUT2D eigenvalue weighted by Gasteiger charge is -2.23. The van der Waals surface area contributed by atoms with Gasteiger partial charge in [-0.2, -0.15) is 0 Å². The van der Waals surface area contributed by atoms with Crippen molar-refractivity contribution in [2.24, 2.45) is 0 Å². The number of anilines is 3.